The third-order valence-electron chi connectivity index (χ3n) is 1.71. The van der Waals surface area contributed by atoms with Crippen LogP contribution in [0.3, 0.4) is 0 Å². The molecule has 0 saturated heterocycles. The monoisotopic (exact) mass is 190 g/mol. The molecule has 0 amide bonds. The summed E-state index contributed by atoms with van der Waals surface area (Å²) in [5.41, 5.74) is -2.37. The average molecular weight is 190 g/mol. The van der Waals surface area contributed by atoms with E-state index in [1.807, 2.05) is 0 Å². The molecule has 4 heteroatoms. The van der Waals surface area contributed by atoms with Crippen molar-refractivity contribution < 1.29 is 15.3 Å². The lowest BCUT2D eigenvalue weighted by Gasteiger charge is -2.43. The zero-order chi connectivity index (χ0) is 10.9. The molecule has 1 unspecified atom stereocenters. The molecule has 79 valence electrons. The minimum Gasteiger partial charge on any atom is -0.392 e. The third kappa shape index (κ3) is 4.57. The fourth-order valence-electron chi connectivity index (χ4n) is 1.33. The second kappa shape index (κ2) is 3.92. The Bertz CT molecular complexity index is 141. The summed E-state index contributed by atoms with van der Waals surface area (Å²) in [6.07, 6.45) is -0.835. The minimum atomic E-state index is -1.18. The van der Waals surface area contributed by atoms with Gasteiger partial charge in [-0.25, -0.2) is 4.90 Å². The summed E-state index contributed by atoms with van der Waals surface area (Å²) in [6, 6.07) is 0. The van der Waals surface area contributed by atoms with Gasteiger partial charge in [-0.05, 0) is 34.6 Å². The highest BCUT2D eigenvalue weighted by Crippen LogP contribution is 2.21. The van der Waals surface area contributed by atoms with Crippen LogP contribution in [0.4, 0.5) is 0 Å². The summed E-state index contributed by atoms with van der Waals surface area (Å²) < 4.78 is 0. The van der Waals surface area contributed by atoms with E-state index in [4.69, 9.17) is 5.11 Å². The SMILES string of the molecule is [CH2]C(O)CN(C(C)(C)O)C(C)(C)O. The van der Waals surface area contributed by atoms with Gasteiger partial charge >= 0.3 is 0 Å². The van der Waals surface area contributed by atoms with Gasteiger partial charge in [-0.3, -0.25) is 0 Å². The van der Waals surface area contributed by atoms with E-state index < -0.39 is 17.6 Å². The quantitative estimate of drug-likeness (QED) is 0.543. The van der Waals surface area contributed by atoms with E-state index in [2.05, 4.69) is 6.92 Å². The standard InChI is InChI=1S/C9H20NO3/c1-7(11)6-10(8(2,3)12)9(4,5)13/h7,11-13H,1,6H2,2-5H3. The van der Waals surface area contributed by atoms with Crippen molar-refractivity contribution >= 4 is 0 Å². The van der Waals surface area contributed by atoms with Crippen LogP contribution in [0.25, 0.3) is 0 Å². The molecule has 0 aliphatic rings. The Morgan fingerprint density at radius 3 is 1.54 bits per heavy atom. The van der Waals surface area contributed by atoms with Gasteiger partial charge in [0.1, 0.15) is 11.4 Å². The predicted molar refractivity (Wildman–Crippen MR) is 50.7 cm³/mol. The number of hydrogen-bond donors (Lipinski definition) is 3. The molecule has 0 saturated carbocycles. The Kier molecular flexibility index (Phi) is 3.87. The van der Waals surface area contributed by atoms with Gasteiger partial charge in [0.15, 0.2) is 0 Å². The Labute approximate surface area is 79.8 Å². The van der Waals surface area contributed by atoms with E-state index in [0.29, 0.717) is 0 Å². The van der Waals surface area contributed by atoms with E-state index in [1.54, 1.807) is 27.7 Å². The highest BCUT2D eigenvalue weighted by Gasteiger charge is 2.35. The Balaban J connectivity index is 4.58. The molecule has 0 heterocycles. The van der Waals surface area contributed by atoms with Gasteiger partial charge < -0.3 is 15.3 Å². The number of aliphatic hydroxyl groups is 3. The highest BCUT2D eigenvalue weighted by molar-refractivity contribution is 4.80. The molecule has 0 fully saturated rings. The maximum Gasteiger partial charge on any atom is 0.115 e. The smallest absolute Gasteiger partial charge is 0.115 e. The molecular weight excluding hydrogens is 170 g/mol. The van der Waals surface area contributed by atoms with Gasteiger partial charge in [0.25, 0.3) is 0 Å². The average Bonchev–Trinajstić information content (AvgIpc) is 1.77. The number of nitrogens with zero attached hydrogens (tertiary/aromatic N) is 1. The van der Waals surface area contributed by atoms with Crippen LogP contribution in [0.1, 0.15) is 27.7 Å². The van der Waals surface area contributed by atoms with Crippen LogP contribution in [0, 0.1) is 6.92 Å². The van der Waals surface area contributed by atoms with E-state index in [-0.39, 0.29) is 6.54 Å². The summed E-state index contributed by atoms with van der Waals surface area (Å²) in [5, 5.41) is 28.5. The van der Waals surface area contributed by atoms with Crippen molar-refractivity contribution in [1.82, 2.24) is 4.90 Å². The molecule has 0 aromatic carbocycles. The largest absolute Gasteiger partial charge is 0.392 e. The van der Waals surface area contributed by atoms with Gasteiger partial charge in [0, 0.05) is 6.54 Å². The summed E-state index contributed by atoms with van der Waals surface area (Å²) >= 11 is 0. The van der Waals surface area contributed by atoms with E-state index in [0.717, 1.165) is 0 Å². The van der Waals surface area contributed by atoms with Crippen molar-refractivity contribution in [2.75, 3.05) is 6.54 Å². The van der Waals surface area contributed by atoms with Crippen molar-refractivity contribution in [3.8, 4) is 0 Å². The molecule has 3 N–H and O–H groups in total. The van der Waals surface area contributed by atoms with Crippen molar-refractivity contribution in [2.24, 2.45) is 0 Å². The van der Waals surface area contributed by atoms with Gasteiger partial charge in [0.05, 0.1) is 6.10 Å². The van der Waals surface area contributed by atoms with Crippen molar-refractivity contribution in [3.63, 3.8) is 0 Å². The van der Waals surface area contributed by atoms with E-state index in [9.17, 15) is 10.2 Å². The van der Waals surface area contributed by atoms with Crippen molar-refractivity contribution in [1.29, 1.82) is 0 Å². The molecule has 0 bridgehead atoms. The Morgan fingerprint density at radius 1 is 1.15 bits per heavy atom. The van der Waals surface area contributed by atoms with Crippen LogP contribution in [0.2, 0.25) is 0 Å². The molecule has 0 rings (SSSR count). The fourth-order valence-corrected chi connectivity index (χ4v) is 1.33. The first-order valence-corrected chi connectivity index (χ1v) is 4.29. The Hall–Kier alpha value is -0.160. The molecule has 13 heavy (non-hydrogen) atoms. The van der Waals surface area contributed by atoms with Crippen molar-refractivity contribution in [3.05, 3.63) is 6.92 Å². The first kappa shape index (κ1) is 12.8. The van der Waals surface area contributed by atoms with Gasteiger partial charge in [-0.1, -0.05) is 0 Å². The molecule has 0 aromatic rings. The molecule has 0 aliphatic heterocycles. The second-order valence-electron chi connectivity index (χ2n) is 4.25. The summed E-state index contributed by atoms with van der Waals surface area (Å²) in [6.45, 7) is 9.71. The second-order valence-corrected chi connectivity index (χ2v) is 4.25. The molecule has 1 atom stereocenters. The summed E-state index contributed by atoms with van der Waals surface area (Å²) in [5.74, 6) is 0. The van der Waals surface area contributed by atoms with Gasteiger partial charge in [-0.2, -0.15) is 0 Å². The first-order valence-electron chi connectivity index (χ1n) is 4.29. The number of aliphatic hydroxyl groups excluding tert-OH is 1. The first-order chi connectivity index (χ1) is 5.55. The van der Waals surface area contributed by atoms with Crippen LogP contribution in [-0.2, 0) is 0 Å². The molecule has 1 radical (unpaired) electrons. The van der Waals surface area contributed by atoms with Crippen LogP contribution in [-0.4, -0.2) is 44.3 Å². The summed E-state index contributed by atoms with van der Waals surface area (Å²) in [4.78, 5) is 1.37. The third-order valence-corrected chi connectivity index (χ3v) is 1.71. The molecule has 4 nitrogen and oxygen atoms in total. The van der Waals surface area contributed by atoms with Gasteiger partial charge in [-0.15, -0.1) is 0 Å². The van der Waals surface area contributed by atoms with Crippen LogP contribution < -0.4 is 0 Å². The zero-order valence-corrected chi connectivity index (χ0v) is 8.78. The number of rotatable bonds is 4. The highest BCUT2D eigenvalue weighted by atomic mass is 16.3. The maximum absolute atomic E-state index is 9.69. The van der Waals surface area contributed by atoms with E-state index >= 15 is 0 Å². The predicted octanol–water partition coefficient (Wildman–Crippen LogP) is -0.0598. The fraction of sp³-hybridized carbons (Fsp3) is 0.889. The lowest BCUT2D eigenvalue weighted by Crippen LogP contribution is -2.57. The molecular formula is C9H20NO3. The maximum atomic E-state index is 9.69. The zero-order valence-electron chi connectivity index (χ0n) is 8.78. The molecule has 0 aromatic heterocycles. The molecule has 0 spiro atoms. The lowest BCUT2D eigenvalue weighted by molar-refractivity contribution is -0.206. The lowest BCUT2D eigenvalue weighted by atomic mass is 10.1. The number of hydrogen-bond acceptors (Lipinski definition) is 4. The van der Waals surface area contributed by atoms with E-state index in [1.165, 1.54) is 4.90 Å². The summed E-state index contributed by atoms with van der Waals surface area (Å²) in [7, 11) is 0. The normalized spacial score (nSPS) is 16.4. The van der Waals surface area contributed by atoms with Crippen LogP contribution in [0.5, 0.6) is 0 Å². The topological polar surface area (TPSA) is 63.9 Å². The van der Waals surface area contributed by atoms with Crippen LogP contribution >= 0.6 is 0 Å². The van der Waals surface area contributed by atoms with Crippen molar-refractivity contribution in [2.45, 2.75) is 45.2 Å². The van der Waals surface area contributed by atoms with Crippen LogP contribution in [0.15, 0.2) is 0 Å². The minimum absolute atomic E-state index is 0.118. The molecule has 0 aliphatic carbocycles. The Morgan fingerprint density at radius 2 is 1.46 bits per heavy atom. The van der Waals surface area contributed by atoms with Gasteiger partial charge in [0.2, 0.25) is 0 Å².